The topological polar surface area (TPSA) is 43.8 Å². The molecule has 3 nitrogen and oxygen atoms in total. The van der Waals surface area contributed by atoms with Crippen LogP contribution in [0.1, 0.15) is 18.2 Å². The SMILES string of the molecule is CCc1ccc(-n2cc(Br)c(CN)n2)cc1. The van der Waals surface area contributed by atoms with Gasteiger partial charge in [0, 0.05) is 12.7 Å². The van der Waals surface area contributed by atoms with Crippen molar-refractivity contribution >= 4 is 15.9 Å². The average Bonchev–Trinajstić information content (AvgIpc) is 2.71. The smallest absolute Gasteiger partial charge is 0.0906 e. The summed E-state index contributed by atoms with van der Waals surface area (Å²) in [4.78, 5) is 0. The maximum Gasteiger partial charge on any atom is 0.0906 e. The third-order valence-corrected chi connectivity index (χ3v) is 3.20. The molecule has 4 heteroatoms. The van der Waals surface area contributed by atoms with E-state index < -0.39 is 0 Å². The quantitative estimate of drug-likeness (QED) is 0.939. The molecule has 0 aliphatic carbocycles. The number of hydrogen-bond acceptors (Lipinski definition) is 2. The molecule has 0 saturated heterocycles. The molecule has 84 valence electrons. The van der Waals surface area contributed by atoms with Crippen LogP contribution in [0.15, 0.2) is 34.9 Å². The first-order valence-electron chi connectivity index (χ1n) is 5.28. The Kier molecular flexibility index (Phi) is 3.41. The zero-order valence-electron chi connectivity index (χ0n) is 9.15. The minimum absolute atomic E-state index is 0.445. The highest BCUT2D eigenvalue weighted by Crippen LogP contribution is 2.17. The van der Waals surface area contributed by atoms with E-state index in [9.17, 15) is 0 Å². The number of rotatable bonds is 3. The van der Waals surface area contributed by atoms with E-state index in [2.05, 4.69) is 52.2 Å². The Labute approximate surface area is 103 Å². The molecule has 1 aromatic heterocycles. The minimum Gasteiger partial charge on any atom is -0.325 e. The lowest BCUT2D eigenvalue weighted by molar-refractivity contribution is 0.832. The van der Waals surface area contributed by atoms with Crippen LogP contribution in [-0.4, -0.2) is 9.78 Å². The summed E-state index contributed by atoms with van der Waals surface area (Å²) in [7, 11) is 0. The molecule has 0 spiro atoms. The monoisotopic (exact) mass is 279 g/mol. The minimum atomic E-state index is 0.445. The Morgan fingerprint density at radius 1 is 1.31 bits per heavy atom. The van der Waals surface area contributed by atoms with Crippen LogP contribution in [0.2, 0.25) is 0 Å². The van der Waals surface area contributed by atoms with Gasteiger partial charge in [-0.1, -0.05) is 19.1 Å². The zero-order valence-corrected chi connectivity index (χ0v) is 10.7. The maximum atomic E-state index is 5.58. The summed E-state index contributed by atoms with van der Waals surface area (Å²) in [6.07, 6.45) is 2.99. The Hall–Kier alpha value is -1.13. The average molecular weight is 280 g/mol. The number of aromatic nitrogens is 2. The van der Waals surface area contributed by atoms with Crippen LogP contribution >= 0.6 is 15.9 Å². The molecule has 0 radical (unpaired) electrons. The van der Waals surface area contributed by atoms with Gasteiger partial charge in [-0.05, 0) is 40.0 Å². The van der Waals surface area contributed by atoms with Crippen LogP contribution in [0, 0.1) is 0 Å². The molecule has 1 aromatic carbocycles. The second-order valence-electron chi connectivity index (χ2n) is 3.59. The standard InChI is InChI=1S/C12H14BrN3/c1-2-9-3-5-10(6-4-9)16-8-11(13)12(7-14)15-16/h3-6,8H,2,7,14H2,1H3. The lowest BCUT2D eigenvalue weighted by atomic mass is 10.1. The molecule has 0 atom stereocenters. The second-order valence-corrected chi connectivity index (χ2v) is 4.45. The van der Waals surface area contributed by atoms with Crippen LogP contribution in [-0.2, 0) is 13.0 Å². The first kappa shape index (κ1) is 11.4. The van der Waals surface area contributed by atoms with E-state index in [1.165, 1.54) is 5.56 Å². The lowest BCUT2D eigenvalue weighted by Gasteiger charge is -2.02. The number of benzene rings is 1. The summed E-state index contributed by atoms with van der Waals surface area (Å²) in [5, 5.41) is 4.40. The molecule has 0 amide bonds. The molecule has 0 bridgehead atoms. The second kappa shape index (κ2) is 4.80. The van der Waals surface area contributed by atoms with Crippen LogP contribution in [0.4, 0.5) is 0 Å². The molecule has 0 aliphatic heterocycles. The van der Waals surface area contributed by atoms with Gasteiger partial charge in [0.2, 0.25) is 0 Å². The molecule has 2 aromatic rings. The van der Waals surface area contributed by atoms with Gasteiger partial charge >= 0.3 is 0 Å². The predicted molar refractivity (Wildman–Crippen MR) is 68.5 cm³/mol. The van der Waals surface area contributed by atoms with Crippen molar-refractivity contribution in [3.8, 4) is 5.69 Å². The zero-order chi connectivity index (χ0) is 11.5. The summed E-state index contributed by atoms with van der Waals surface area (Å²) < 4.78 is 2.79. The summed E-state index contributed by atoms with van der Waals surface area (Å²) in [5.74, 6) is 0. The van der Waals surface area contributed by atoms with Crippen LogP contribution in [0.3, 0.4) is 0 Å². The van der Waals surface area contributed by atoms with Crippen LogP contribution < -0.4 is 5.73 Å². The van der Waals surface area contributed by atoms with Gasteiger partial charge in [-0.3, -0.25) is 0 Å². The molecule has 0 fully saturated rings. The molecular weight excluding hydrogens is 266 g/mol. The highest BCUT2D eigenvalue weighted by atomic mass is 79.9. The third-order valence-electron chi connectivity index (χ3n) is 2.54. The van der Waals surface area contributed by atoms with Crippen molar-refractivity contribution < 1.29 is 0 Å². The number of halogens is 1. The van der Waals surface area contributed by atoms with Gasteiger partial charge < -0.3 is 5.73 Å². The van der Waals surface area contributed by atoms with Gasteiger partial charge in [0.05, 0.1) is 15.9 Å². The van der Waals surface area contributed by atoms with Gasteiger partial charge in [0.25, 0.3) is 0 Å². The van der Waals surface area contributed by atoms with Gasteiger partial charge in [0.15, 0.2) is 0 Å². The fourth-order valence-electron chi connectivity index (χ4n) is 1.54. The number of nitrogens with two attached hydrogens (primary N) is 1. The first-order valence-corrected chi connectivity index (χ1v) is 6.07. The Balaban J connectivity index is 2.34. The maximum absolute atomic E-state index is 5.58. The summed E-state index contributed by atoms with van der Waals surface area (Å²) in [5.41, 5.74) is 8.84. The lowest BCUT2D eigenvalue weighted by Crippen LogP contribution is -2.00. The molecular formula is C12H14BrN3. The van der Waals surface area contributed by atoms with Crippen molar-refractivity contribution in [2.24, 2.45) is 5.73 Å². The van der Waals surface area contributed by atoms with Gasteiger partial charge in [0.1, 0.15) is 0 Å². The molecule has 1 heterocycles. The molecule has 2 N–H and O–H groups in total. The van der Waals surface area contributed by atoms with E-state index in [-0.39, 0.29) is 0 Å². The van der Waals surface area contributed by atoms with Crippen molar-refractivity contribution in [3.05, 3.63) is 46.2 Å². The number of hydrogen-bond donors (Lipinski definition) is 1. The van der Waals surface area contributed by atoms with Gasteiger partial charge in [-0.15, -0.1) is 0 Å². The highest BCUT2D eigenvalue weighted by Gasteiger charge is 2.05. The van der Waals surface area contributed by atoms with Crippen LogP contribution in [0.25, 0.3) is 5.69 Å². The van der Waals surface area contributed by atoms with Gasteiger partial charge in [-0.25, -0.2) is 4.68 Å². The van der Waals surface area contributed by atoms with Crippen molar-refractivity contribution in [1.82, 2.24) is 9.78 Å². The van der Waals surface area contributed by atoms with Crippen molar-refractivity contribution in [3.63, 3.8) is 0 Å². The Morgan fingerprint density at radius 2 is 2.00 bits per heavy atom. The first-order chi connectivity index (χ1) is 7.74. The Bertz CT molecular complexity index is 474. The molecule has 0 aliphatic rings. The number of aryl methyl sites for hydroxylation is 1. The molecule has 2 rings (SSSR count). The van der Waals surface area contributed by atoms with Gasteiger partial charge in [-0.2, -0.15) is 5.10 Å². The summed E-state index contributed by atoms with van der Waals surface area (Å²) in [6.45, 7) is 2.59. The van der Waals surface area contributed by atoms with E-state index in [0.717, 1.165) is 22.3 Å². The van der Waals surface area contributed by atoms with E-state index in [1.54, 1.807) is 0 Å². The Morgan fingerprint density at radius 3 is 2.50 bits per heavy atom. The van der Waals surface area contributed by atoms with E-state index in [4.69, 9.17) is 5.73 Å². The van der Waals surface area contributed by atoms with E-state index in [1.807, 2.05) is 10.9 Å². The fourth-order valence-corrected chi connectivity index (χ4v) is 1.98. The molecule has 0 saturated carbocycles. The van der Waals surface area contributed by atoms with Crippen molar-refractivity contribution in [1.29, 1.82) is 0 Å². The van der Waals surface area contributed by atoms with E-state index in [0.29, 0.717) is 6.54 Å². The summed E-state index contributed by atoms with van der Waals surface area (Å²) in [6, 6.07) is 8.37. The van der Waals surface area contributed by atoms with Crippen LogP contribution in [0.5, 0.6) is 0 Å². The number of nitrogens with zero attached hydrogens (tertiary/aromatic N) is 2. The fraction of sp³-hybridized carbons (Fsp3) is 0.250. The predicted octanol–water partition coefficient (Wildman–Crippen LogP) is 2.66. The summed E-state index contributed by atoms with van der Waals surface area (Å²) >= 11 is 3.44. The highest BCUT2D eigenvalue weighted by molar-refractivity contribution is 9.10. The van der Waals surface area contributed by atoms with Crippen molar-refractivity contribution in [2.45, 2.75) is 19.9 Å². The van der Waals surface area contributed by atoms with E-state index >= 15 is 0 Å². The molecule has 16 heavy (non-hydrogen) atoms. The third kappa shape index (κ3) is 2.18. The normalized spacial score (nSPS) is 10.7. The van der Waals surface area contributed by atoms with Crippen molar-refractivity contribution in [2.75, 3.05) is 0 Å². The largest absolute Gasteiger partial charge is 0.325 e. The molecule has 0 unspecified atom stereocenters.